The molecule has 2 aliphatic rings. The zero-order valence-corrected chi connectivity index (χ0v) is 29.3. The van der Waals surface area contributed by atoms with Gasteiger partial charge in [0.15, 0.2) is 23.1 Å². The van der Waals surface area contributed by atoms with Gasteiger partial charge in [0.2, 0.25) is 0 Å². The Kier molecular flexibility index (Phi) is 9.69. The summed E-state index contributed by atoms with van der Waals surface area (Å²) in [6, 6.07) is 23.8. The summed E-state index contributed by atoms with van der Waals surface area (Å²) in [6.45, 7) is 3.28. The van der Waals surface area contributed by atoms with E-state index in [-0.39, 0.29) is 50.2 Å². The van der Waals surface area contributed by atoms with Crippen LogP contribution >= 0.6 is 0 Å². The van der Waals surface area contributed by atoms with E-state index in [1.54, 1.807) is 68.4 Å². The van der Waals surface area contributed by atoms with Crippen molar-refractivity contribution in [3.05, 3.63) is 103 Å². The second-order valence-corrected chi connectivity index (χ2v) is 14.2. The van der Waals surface area contributed by atoms with Crippen LogP contribution in [0.4, 0.5) is 28.4 Å². The highest BCUT2D eigenvalue weighted by Crippen LogP contribution is 2.25. The van der Waals surface area contributed by atoms with Crippen molar-refractivity contribution in [3.8, 4) is 0 Å². The molecule has 0 unspecified atom stereocenters. The van der Waals surface area contributed by atoms with E-state index >= 15 is 0 Å². The second-order valence-electron chi connectivity index (χ2n) is 11.4. The molecule has 0 bridgehead atoms. The van der Waals surface area contributed by atoms with Gasteiger partial charge in [-0.15, -0.1) is 0 Å². The maximum Gasteiger partial charge on any atom is 0.294 e. The van der Waals surface area contributed by atoms with E-state index in [4.69, 9.17) is 10.8 Å². The van der Waals surface area contributed by atoms with Crippen molar-refractivity contribution >= 4 is 89.1 Å². The van der Waals surface area contributed by atoms with Gasteiger partial charge >= 0.3 is 0 Å². The van der Waals surface area contributed by atoms with Crippen LogP contribution in [-0.4, -0.2) is 66.4 Å². The fraction of sp³-hybridized carbons (Fsp3) is 0.0606. The average molecular weight is 756 g/mol. The minimum absolute atomic E-state index is 0.115. The SMILES string of the molecule is CC1=NN(c2cccc(S(=O)(=O)O)c2)C(=N)/C1=N\Nc1ccc(C(=O)Nc2ccc(N/N=C3/C(=N)N(c4cccc(S(=O)(=O)O)c4)N=C3C)cc2)cc1. The molecule has 0 saturated carbocycles. The first-order valence-corrected chi connectivity index (χ1v) is 18.2. The monoisotopic (exact) mass is 755 g/mol. The number of carbonyl (C=O) groups is 1. The molecule has 2 aliphatic heterocycles. The zero-order valence-electron chi connectivity index (χ0n) is 27.7. The number of rotatable bonds is 10. The van der Waals surface area contributed by atoms with Crippen LogP contribution in [-0.2, 0) is 20.2 Å². The molecule has 4 aromatic rings. The van der Waals surface area contributed by atoms with Crippen molar-refractivity contribution < 1.29 is 30.7 Å². The highest BCUT2D eigenvalue weighted by atomic mass is 32.2. The molecule has 7 N–H and O–H groups in total. The minimum atomic E-state index is -4.45. The predicted octanol–water partition coefficient (Wildman–Crippen LogP) is 4.71. The van der Waals surface area contributed by atoms with Crippen molar-refractivity contribution in [1.29, 1.82) is 10.8 Å². The first-order chi connectivity index (χ1) is 25.1. The summed E-state index contributed by atoms with van der Waals surface area (Å²) in [4.78, 5) is 12.3. The summed E-state index contributed by atoms with van der Waals surface area (Å²) >= 11 is 0. The van der Waals surface area contributed by atoms with E-state index in [2.05, 4.69) is 36.6 Å². The van der Waals surface area contributed by atoms with Crippen LogP contribution in [0.5, 0.6) is 0 Å². The number of carbonyl (C=O) groups excluding carboxylic acids is 1. The van der Waals surface area contributed by atoms with Crippen LogP contribution < -0.4 is 26.2 Å². The third kappa shape index (κ3) is 7.99. The van der Waals surface area contributed by atoms with Crippen molar-refractivity contribution in [2.45, 2.75) is 23.6 Å². The Morgan fingerprint density at radius 1 is 0.642 bits per heavy atom. The predicted molar refractivity (Wildman–Crippen MR) is 202 cm³/mol. The molecule has 18 nitrogen and oxygen atoms in total. The zero-order chi connectivity index (χ0) is 38.1. The molecule has 1 amide bonds. The Bertz CT molecular complexity index is 2520. The van der Waals surface area contributed by atoms with Crippen LogP contribution in [0.1, 0.15) is 24.2 Å². The van der Waals surface area contributed by atoms with E-state index in [0.717, 1.165) is 0 Å². The number of amides is 1. The molecule has 6 rings (SSSR count). The molecule has 0 atom stereocenters. The third-order valence-corrected chi connectivity index (χ3v) is 9.36. The standard InChI is InChI=1S/C33H29N11O7S2/c1-19-29(31(34)43(41-19)25-5-3-7-27(17-25)52(46,47)48)39-37-23-11-9-21(10-12-23)33(45)36-22-13-15-24(16-14-22)38-40-30-20(2)42-44(32(30)35)26-6-4-8-28(18-26)53(49,50)51/h3-18,34-35,37-38H,1-2H3,(H,36,45)(H,46,47,48)(H,49,50,51)/b34-31?,35-32?,39-29-,40-30+. The van der Waals surface area contributed by atoms with Gasteiger partial charge in [0.1, 0.15) is 0 Å². The topological polar surface area (TPSA) is 266 Å². The Morgan fingerprint density at radius 2 is 1.04 bits per heavy atom. The first-order valence-electron chi connectivity index (χ1n) is 15.3. The van der Waals surface area contributed by atoms with Crippen molar-refractivity contribution in [3.63, 3.8) is 0 Å². The molecule has 0 fully saturated rings. The summed E-state index contributed by atoms with van der Waals surface area (Å²) in [5.74, 6) is -0.615. The molecule has 0 aliphatic carbocycles. The van der Waals surface area contributed by atoms with E-state index < -0.39 is 20.2 Å². The fourth-order valence-corrected chi connectivity index (χ4v) is 6.04. The van der Waals surface area contributed by atoms with Gasteiger partial charge in [0.05, 0.1) is 44.0 Å². The van der Waals surface area contributed by atoms with Gasteiger partial charge in [-0.05, 0) is 98.8 Å². The van der Waals surface area contributed by atoms with Gasteiger partial charge in [-0.2, -0.15) is 37.2 Å². The summed E-state index contributed by atoms with van der Waals surface area (Å²) in [5.41, 5.74) is 9.30. The van der Waals surface area contributed by atoms with Gasteiger partial charge in [-0.3, -0.25) is 35.6 Å². The second kappa shape index (κ2) is 14.2. The Balaban J connectivity index is 1.04. The first kappa shape index (κ1) is 36.2. The molecule has 2 heterocycles. The summed E-state index contributed by atoms with van der Waals surface area (Å²) in [5, 5.41) is 39.3. The van der Waals surface area contributed by atoms with E-state index in [1.165, 1.54) is 52.5 Å². The molecule has 0 saturated heterocycles. The van der Waals surface area contributed by atoms with Crippen LogP contribution in [0.2, 0.25) is 0 Å². The molecule has 0 radical (unpaired) electrons. The van der Waals surface area contributed by atoms with Gasteiger partial charge in [-0.1, -0.05) is 12.1 Å². The largest absolute Gasteiger partial charge is 0.322 e. The van der Waals surface area contributed by atoms with Crippen LogP contribution in [0.15, 0.2) is 127 Å². The van der Waals surface area contributed by atoms with Gasteiger partial charge in [0, 0.05) is 11.3 Å². The molecule has 0 aromatic heterocycles. The van der Waals surface area contributed by atoms with Crippen LogP contribution in [0.25, 0.3) is 0 Å². The van der Waals surface area contributed by atoms with Gasteiger partial charge < -0.3 is 5.32 Å². The smallest absolute Gasteiger partial charge is 0.294 e. The molecule has 4 aromatic carbocycles. The lowest BCUT2D eigenvalue weighted by molar-refractivity contribution is 0.102. The minimum Gasteiger partial charge on any atom is -0.322 e. The number of nitrogens with one attached hydrogen (secondary N) is 5. The molecule has 270 valence electrons. The highest BCUT2D eigenvalue weighted by Gasteiger charge is 2.29. The van der Waals surface area contributed by atoms with Gasteiger partial charge in [0.25, 0.3) is 26.1 Å². The maximum atomic E-state index is 12.9. The Labute approximate surface area is 302 Å². The quantitative estimate of drug-likeness (QED) is 0.0860. The molecular weight excluding hydrogens is 727 g/mol. The maximum absolute atomic E-state index is 12.9. The normalized spacial score (nSPS) is 16.2. The fourth-order valence-electron chi connectivity index (χ4n) is 5.00. The summed E-state index contributed by atoms with van der Waals surface area (Å²) in [6.07, 6.45) is 0. The average Bonchev–Trinajstić information content (AvgIpc) is 3.58. The number of anilines is 5. The highest BCUT2D eigenvalue weighted by molar-refractivity contribution is 7.86. The lowest BCUT2D eigenvalue weighted by atomic mass is 10.2. The molecule has 20 heteroatoms. The Morgan fingerprint density at radius 3 is 1.45 bits per heavy atom. The summed E-state index contributed by atoms with van der Waals surface area (Å²) < 4.78 is 64.9. The number of amidine groups is 2. The third-order valence-electron chi connectivity index (χ3n) is 7.66. The molecular formula is C33H29N11O7S2. The number of benzene rings is 4. The summed E-state index contributed by atoms with van der Waals surface area (Å²) in [7, 11) is -8.89. The number of hydrogen-bond acceptors (Lipinski definition) is 13. The Hall–Kier alpha value is -6.61. The lowest BCUT2D eigenvalue weighted by Gasteiger charge is -2.14. The van der Waals surface area contributed by atoms with Crippen molar-refractivity contribution in [2.24, 2.45) is 20.4 Å². The van der Waals surface area contributed by atoms with Gasteiger partial charge in [-0.25, -0.2) is 10.0 Å². The number of hydrogen-bond donors (Lipinski definition) is 7. The van der Waals surface area contributed by atoms with E-state index in [0.29, 0.717) is 34.0 Å². The van der Waals surface area contributed by atoms with Crippen LogP contribution in [0, 0.1) is 10.8 Å². The molecule has 0 spiro atoms. The van der Waals surface area contributed by atoms with E-state index in [1.807, 2.05) is 0 Å². The van der Waals surface area contributed by atoms with E-state index in [9.17, 15) is 30.7 Å². The number of nitrogens with zero attached hydrogens (tertiary/aromatic N) is 6. The number of hydrazone groups is 4. The van der Waals surface area contributed by atoms with Crippen molar-refractivity contribution in [2.75, 3.05) is 26.2 Å². The van der Waals surface area contributed by atoms with Crippen LogP contribution in [0.3, 0.4) is 0 Å². The lowest BCUT2D eigenvalue weighted by Crippen LogP contribution is -2.27. The molecule has 53 heavy (non-hydrogen) atoms. The van der Waals surface area contributed by atoms with Crippen molar-refractivity contribution in [1.82, 2.24) is 0 Å².